The van der Waals surface area contributed by atoms with Crippen LogP contribution in [0.1, 0.15) is 5.56 Å². The largest absolute Gasteiger partial charge is 0.386 e. The monoisotopic (exact) mass is 356 g/mol. The van der Waals surface area contributed by atoms with Crippen molar-refractivity contribution in [2.75, 3.05) is 11.9 Å². The lowest BCUT2D eigenvalue weighted by molar-refractivity contribution is -0.120. The molecule has 0 bridgehead atoms. The normalized spacial score (nSPS) is 10.7. The predicted octanol–water partition coefficient (Wildman–Crippen LogP) is 4.64. The van der Waals surface area contributed by atoms with Gasteiger partial charge in [-0.05, 0) is 17.7 Å². The fourth-order valence-electron chi connectivity index (χ4n) is 1.57. The van der Waals surface area contributed by atoms with Crippen LogP contribution in [0.3, 0.4) is 0 Å². The zero-order valence-corrected chi connectivity index (χ0v) is 13.5. The van der Waals surface area contributed by atoms with Crippen molar-refractivity contribution in [1.82, 2.24) is 0 Å². The third-order valence-corrected chi connectivity index (χ3v) is 3.36. The highest BCUT2D eigenvalue weighted by Crippen LogP contribution is 2.33. The second kappa shape index (κ2) is 8.03. The van der Waals surface area contributed by atoms with Crippen molar-refractivity contribution in [2.45, 2.75) is 0 Å². The predicted molar refractivity (Wildman–Crippen MR) is 90.1 cm³/mol. The summed E-state index contributed by atoms with van der Waals surface area (Å²) in [5.41, 5.74) is 1.15. The van der Waals surface area contributed by atoms with Crippen molar-refractivity contribution < 1.29 is 9.63 Å². The summed E-state index contributed by atoms with van der Waals surface area (Å²) >= 11 is 17.7. The molecular weight excluding hydrogens is 347 g/mol. The smallest absolute Gasteiger partial charge is 0.265 e. The molecule has 0 radical (unpaired) electrons. The second-order valence-electron chi connectivity index (χ2n) is 4.21. The van der Waals surface area contributed by atoms with Crippen LogP contribution in [0.5, 0.6) is 0 Å². The average Bonchev–Trinajstić information content (AvgIpc) is 2.48. The number of nitrogens with one attached hydrogen (secondary N) is 1. The van der Waals surface area contributed by atoms with Crippen LogP contribution < -0.4 is 5.32 Å². The van der Waals surface area contributed by atoms with Gasteiger partial charge in [-0.25, -0.2) is 0 Å². The Morgan fingerprint density at radius 1 is 1.14 bits per heavy atom. The molecule has 0 saturated heterocycles. The molecule has 0 aliphatic heterocycles. The molecule has 1 amide bonds. The zero-order valence-electron chi connectivity index (χ0n) is 11.2. The molecule has 0 saturated carbocycles. The maximum Gasteiger partial charge on any atom is 0.265 e. The number of carbonyl (C=O) groups excluding carboxylic acids is 1. The molecule has 0 aromatic heterocycles. The first-order valence-corrected chi connectivity index (χ1v) is 7.34. The van der Waals surface area contributed by atoms with Gasteiger partial charge in [-0.2, -0.15) is 0 Å². The Morgan fingerprint density at radius 2 is 1.77 bits per heavy atom. The Kier molecular flexibility index (Phi) is 6.07. The van der Waals surface area contributed by atoms with Gasteiger partial charge in [-0.15, -0.1) is 0 Å². The summed E-state index contributed by atoms with van der Waals surface area (Å²) in [4.78, 5) is 16.7. The van der Waals surface area contributed by atoms with Gasteiger partial charge in [0.1, 0.15) is 0 Å². The first-order chi connectivity index (χ1) is 10.6. The number of hydrogen-bond donors (Lipinski definition) is 1. The standard InChI is InChI=1S/C15H11Cl3N2O2/c16-11-6-12(17)15(13(18)7-11)20-14(21)9-22-19-8-10-4-2-1-3-5-10/h1-8H,9H2,(H,20,21)/b19-8-. The summed E-state index contributed by atoms with van der Waals surface area (Å²) in [6.07, 6.45) is 1.51. The lowest BCUT2D eigenvalue weighted by Gasteiger charge is -2.09. The highest BCUT2D eigenvalue weighted by molar-refractivity contribution is 6.42. The van der Waals surface area contributed by atoms with Crippen LogP contribution in [0, 0.1) is 0 Å². The van der Waals surface area contributed by atoms with Crippen LogP contribution in [-0.2, 0) is 9.63 Å². The van der Waals surface area contributed by atoms with Crippen molar-refractivity contribution in [2.24, 2.45) is 5.16 Å². The molecule has 4 nitrogen and oxygen atoms in total. The summed E-state index contributed by atoms with van der Waals surface area (Å²) in [6, 6.07) is 12.3. The minimum atomic E-state index is -0.434. The van der Waals surface area contributed by atoms with Crippen LogP contribution in [-0.4, -0.2) is 18.7 Å². The van der Waals surface area contributed by atoms with E-state index in [2.05, 4.69) is 10.5 Å². The van der Waals surface area contributed by atoms with Crippen LogP contribution in [0.4, 0.5) is 5.69 Å². The van der Waals surface area contributed by atoms with Crippen LogP contribution in [0.15, 0.2) is 47.6 Å². The Bertz CT molecular complexity index is 667. The number of benzene rings is 2. The topological polar surface area (TPSA) is 50.7 Å². The lowest BCUT2D eigenvalue weighted by Crippen LogP contribution is -2.17. The maximum absolute atomic E-state index is 11.8. The van der Waals surface area contributed by atoms with Gasteiger partial charge in [0.25, 0.3) is 5.91 Å². The summed E-state index contributed by atoms with van der Waals surface area (Å²) < 4.78 is 0. The van der Waals surface area contributed by atoms with Crippen molar-refractivity contribution >= 4 is 52.6 Å². The van der Waals surface area contributed by atoms with Gasteiger partial charge in [-0.1, -0.05) is 70.3 Å². The highest BCUT2D eigenvalue weighted by Gasteiger charge is 2.11. The highest BCUT2D eigenvalue weighted by atomic mass is 35.5. The Balaban J connectivity index is 1.88. The zero-order chi connectivity index (χ0) is 15.9. The fraction of sp³-hybridized carbons (Fsp3) is 0.0667. The van der Waals surface area contributed by atoms with Crippen molar-refractivity contribution in [3.8, 4) is 0 Å². The number of halogens is 3. The minimum Gasteiger partial charge on any atom is -0.386 e. The number of nitrogens with zero attached hydrogens (tertiary/aromatic N) is 1. The van der Waals surface area contributed by atoms with E-state index in [1.54, 1.807) is 0 Å². The average molecular weight is 358 g/mol. The van der Waals surface area contributed by atoms with E-state index in [1.165, 1.54) is 18.3 Å². The molecule has 0 aliphatic rings. The van der Waals surface area contributed by atoms with Crippen LogP contribution >= 0.6 is 34.8 Å². The Morgan fingerprint density at radius 3 is 2.41 bits per heavy atom. The molecule has 1 N–H and O–H groups in total. The van der Waals surface area contributed by atoms with Gasteiger partial charge < -0.3 is 10.2 Å². The third kappa shape index (κ3) is 4.91. The molecule has 7 heteroatoms. The van der Waals surface area contributed by atoms with Gasteiger partial charge in [0.2, 0.25) is 0 Å². The molecule has 2 aromatic carbocycles. The number of carbonyl (C=O) groups is 1. The van der Waals surface area contributed by atoms with Gasteiger partial charge in [-0.3, -0.25) is 4.79 Å². The number of oxime groups is 1. The molecule has 22 heavy (non-hydrogen) atoms. The number of anilines is 1. The molecular formula is C15H11Cl3N2O2. The molecule has 0 unspecified atom stereocenters. The molecule has 0 heterocycles. The first kappa shape index (κ1) is 16.6. The second-order valence-corrected chi connectivity index (χ2v) is 5.46. The van der Waals surface area contributed by atoms with Crippen molar-refractivity contribution in [3.05, 3.63) is 63.1 Å². The van der Waals surface area contributed by atoms with E-state index < -0.39 is 5.91 Å². The number of hydrogen-bond acceptors (Lipinski definition) is 3. The van der Waals surface area contributed by atoms with E-state index in [4.69, 9.17) is 39.6 Å². The minimum absolute atomic E-state index is 0.249. The van der Waals surface area contributed by atoms with Gasteiger partial charge in [0, 0.05) is 5.02 Å². The Labute approximate surface area is 142 Å². The fourth-order valence-corrected chi connectivity index (χ4v) is 2.48. The summed E-state index contributed by atoms with van der Waals surface area (Å²) in [6.45, 7) is -0.265. The van der Waals surface area contributed by atoms with Crippen molar-refractivity contribution in [1.29, 1.82) is 0 Å². The summed E-state index contributed by atoms with van der Waals surface area (Å²) in [5.74, 6) is -0.434. The molecule has 0 aliphatic carbocycles. The van der Waals surface area contributed by atoms with E-state index in [0.29, 0.717) is 5.02 Å². The van der Waals surface area contributed by atoms with Crippen molar-refractivity contribution in [3.63, 3.8) is 0 Å². The van der Waals surface area contributed by atoms with Gasteiger partial charge in [0.05, 0.1) is 21.9 Å². The molecule has 2 rings (SSSR count). The molecule has 114 valence electrons. The van der Waals surface area contributed by atoms with Crippen LogP contribution in [0.25, 0.3) is 0 Å². The first-order valence-electron chi connectivity index (χ1n) is 6.21. The van der Waals surface area contributed by atoms with E-state index >= 15 is 0 Å². The Hall–Kier alpha value is -1.75. The quantitative estimate of drug-likeness (QED) is 0.626. The van der Waals surface area contributed by atoms with E-state index in [9.17, 15) is 4.79 Å². The number of amides is 1. The molecule has 0 spiro atoms. The van der Waals surface area contributed by atoms with Crippen LogP contribution in [0.2, 0.25) is 15.1 Å². The summed E-state index contributed by atoms with van der Waals surface area (Å²) in [7, 11) is 0. The molecule has 0 fully saturated rings. The lowest BCUT2D eigenvalue weighted by atomic mass is 10.2. The number of rotatable bonds is 5. The van der Waals surface area contributed by atoms with E-state index in [1.807, 2.05) is 30.3 Å². The van der Waals surface area contributed by atoms with E-state index in [-0.39, 0.29) is 22.3 Å². The molecule has 2 aromatic rings. The molecule has 0 atom stereocenters. The third-order valence-electron chi connectivity index (χ3n) is 2.54. The van der Waals surface area contributed by atoms with Gasteiger partial charge in [0.15, 0.2) is 6.61 Å². The maximum atomic E-state index is 11.8. The van der Waals surface area contributed by atoms with Gasteiger partial charge >= 0.3 is 0 Å². The summed E-state index contributed by atoms with van der Waals surface area (Å²) in [5, 5.41) is 7.14. The van der Waals surface area contributed by atoms with E-state index in [0.717, 1.165) is 5.56 Å². The SMILES string of the molecule is O=C(CO/N=C\c1ccccc1)Nc1c(Cl)cc(Cl)cc1Cl.